The zero-order valence-corrected chi connectivity index (χ0v) is 46.3. The van der Waals surface area contributed by atoms with Gasteiger partial charge in [-0.1, -0.05) is 253 Å². The average molecular weight is 879 g/mol. The molecule has 0 aliphatic rings. The highest BCUT2D eigenvalue weighted by molar-refractivity contribution is 5.67. The van der Waals surface area contributed by atoms with Crippen LogP contribution >= 0.6 is 0 Å². The van der Waals surface area contributed by atoms with E-state index in [1.54, 1.807) is 0 Å². The third-order valence-corrected chi connectivity index (χ3v) is 13.2. The lowest BCUT2D eigenvalue weighted by Gasteiger charge is -2.38. The topological polar surface area (TPSA) is 18.5 Å². The summed E-state index contributed by atoms with van der Waals surface area (Å²) in [5, 5.41) is 0. The maximum atomic E-state index is 7.97. The second kappa shape index (κ2) is 22.4. The Morgan fingerprint density at radius 2 is 0.578 bits per heavy atom. The van der Waals surface area contributed by atoms with Crippen LogP contribution in [0.1, 0.15) is 274 Å². The average Bonchev–Trinajstić information content (AvgIpc) is 3.12. The highest BCUT2D eigenvalue weighted by Crippen LogP contribution is 2.55. The van der Waals surface area contributed by atoms with Crippen molar-refractivity contribution >= 4 is 0 Å². The van der Waals surface area contributed by atoms with Crippen LogP contribution in [0, 0.1) is 11.8 Å². The molecule has 0 unspecified atom stereocenters. The molecule has 0 amide bonds. The maximum absolute atomic E-state index is 7.97. The number of rotatable bonds is 20. The van der Waals surface area contributed by atoms with Crippen molar-refractivity contribution in [2.45, 2.75) is 275 Å². The second-order valence-electron chi connectivity index (χ2n) is 26.8. The highest BCUT2D eigenvalue weighted by atomic mass is 16.5. The highest BCUT2D eigenvalue weighted by Gasteiger charge is 2.39. The van der Waals surface area contributed by atoms with Crippen LogP contribution in [-0.2, 0) is 45.3 Å². The Bertz CT molecular complexity index is 1700. The van der Waals surface area contributed by atoms with E-state index in [1.807, 2.05) is 0 Å². The van der Waals surface area contributed by atoms with Gasteiger partial charge in [-0.25, -0.2) is 0 Å². The van der Waals surface area contributed by atoms with Crippen molar-refractivity contribution in [1.82, 2.24) is 0 Å². The molecule has 3 rings (SSSR count). The van der Waals surface area contributed by atoms with Gasteiger partial charge in [0.1, 0.15) is 23.0 Å². The number of benzene rings is 3. The molecule has 0 aliphatic heterocycles. The molecular formula is C62H102O2. The van der Waals surface area contributed by atoms with Crippen LogP contribution in [0.4, 0.5) is 0 Å². The Morgan fingerprint density at radius 3 is 0.812 bits per heavy atom. The Labute approximate surface area is 398 Å². The molecule has 362 valence electrons. The summed E-state index contributed by atoms with van der Waals surface area (Å²) in [7, 11) is 0. The molecule has 0 bridgehead atoms. The van der Waals surface area contributed by atoms with Crippen molar-refractivity contribution in [1.29, 1.82) is 0 Å². The number of hydrogen-bond acceptors (Lipinski definition) is 2. The van der Waals surface area contributed by atoms with Crippen molar-refractivity contribution < 1.29 is 9.47 Å². The molecule has 64 heavy (non-hydrogen) atoms. The van der Waals surface area contributed by atoms with E-state index in [0.29, 0.717) is 0 Å². The fourth-order valence-corrected chi connectivity index (χ4v) is 9.72. The minimum atomic E-state index is -0.225. The predicted octanol–water partition coefficient (Wildman–Crippen LogP) is 20.1. The quantitative estimate of drug-likeness (QED) is 0.105. The molecule has 2 nitrogen and oxygen atoms in total. The van der Waals surface area contributed by atoms with Crippen LogP contribution in [0.2, 0.25) is 0 Å². The molecule has 3 aromatic rings. The standard InChI is InChI=1S/C62H102O2/c1-43(2)35-29-25-23-27-31-37-45-51(61(17,18)19)54(64-56-49(59(11,12)13)41-34-42-50(56)60(14,15)16)46(38-32-28-24-26-30-36-44(3)4)52(62(20,21)22)53(45)63-55-47(57(5,6)7)39-33-40-48(55)58(8,9)10/h33-34,39-44H,23-32,35-38H2,1-22H3. The number of ether oxygens (including phenoxy) is 2. The molecular weight excluding hydrogens is 777 g/mol. The molecule has 0 aliphatic carbocycles. The van der Waals surface area contributed by atoms with Gasteiger partial charge in [0.05, 0.1) is 0 Å². The summed E-state index contributed by atoms with van der Waals surface area (Å²) in [4.78, 5) is 0. The van der Waals surface area contributed by atoms with Crippen LogP contribution in [0.15, 0.2) is 36.4 Å². The number of hydrogen-bond donors (Lipinski definition) is 0. The SMILES string of the molecule is CC(C)CCCCCCCc1c(Oc2c(C(C)(C)C)cccc2C(C)(C)C)c(C(C)(C)C)c(CCCCCCCC(C)C)c(Oc2c(C(C)(C)C)cccc2C(C)(C)C)c1C(C)(C)C. The Balaban J connectivity index is 2.61. The normalized spacial score (nSPS) is 13.4. The zero-order chi connectivity index (χ0) is 48.6. The van der Waals surface area contributed by atoms with Gasteiger partial charge in [0.25, 0.3) is 0 Å². The van der Waals surface area contributed by atoms with E-state index >= 15 is 0 Å². The van der Waals surface area contributed by atoms with Gasteiger partial charge >= 0.3 is 0 Å². The van der Waals surface area contributed by atoms with Crippen LogP contribution in [0.5, 0.6) is 23.0 Å². The fourth-order valence-electron chi connectivity index (χ4n) is 9.72. The number of unbranched alkanes of at least 4 members (excludes halogenated alkanes) is 8. The maximum Gasteiger partial charge on any atom is 0.135 e. The van der Waals surface area contributed by atoms with E-state index in [0.717, 1.165) is 60.5 Å². The first kappa shape index (κ1) is 55.6. The van der Waals surface area contributed by atoms with Crippen molar-refractivity contribution in [3.8, 4) is 23.0 Å². The lowest BCUT2D eigenvalue weighted by molar-refractivity contribution is 0.387. The van der Waals surface area contributed by atoms with Gasteiger partial charge in [-0.05, 0) is 70.0 Å². The van der Waals surface area contributed by atoms with E-state index in [9.17, 15) is 0 Å². The van der Waals surface area contributed by atoms with Gasteiger partial charge in [-0.3, -0.25) is 0 Å². The van der Waals surface area contributed by atoms with Gasteiger partial charge in [0.2, 0.25) is 0 Å². The van der Waals surface area contributed by atoms with Gasteiger partial charge in [0, 0.05) is 44.5 Å². The van der Waals surface area contributed by atoms with Crippen molar-refractivity contribution in [3.05, 3.63) is 80.9 Å². The van der Waals surface area contributed by atoms with Crippen molar-refractivity contribution in [3.63, 3.8) is 0 Å². The van der Waals surface area contributed by atoms with Gasteiger partial charge in [-0.15, -0.1) is 0 Å². The summed E-state index contributed by atoms with van der Waals surface area (Å²) >= 11 is 0. The van der Waals surface area contributed by atoms with Gasteiger partial charge in [-0.2, -0.15) is 0 Å². The Kier molecular flexibility index (Phi) is 19.4. The van der Waals surface area contributed by atoms with E-state index in [4.69, 9.17) is 9.47 Å². The third-order valence-electron chi connectivity index (χ3n) is 13.2. The summed E-state index contributed by atoms with van der Waals surface area (Å²) in [5.74, 6) is 5.81. The minimum absolute atomic E-state index is 0.108. The Hall–Kier alpha value is -2.74. The summed E-state index contributed by atoms with van der Waals surface area (Å²) in [6.45, 7) is 52.1. The third kappa shape index (κ3) is 15.7. The molecule has 0 N–H and O–H groups in total. The lowest BCUT2D eigenvalue weighted by atomic mass is 9.73. The molecule has 0 radical (unpaired) electrons. The smallest absolute Gasteiger partial charge is 0.135 e. The van der Waals surface area contributed by atoms with Crippen molar-refractivity contribution in [2.24, 2.45) is 11.8 Å². The van der Waals surface area contributed by atoms with E-state index in [2.05, 4.69) is 189 Å². The zero-order valence-electron chi connectivity index (χ0n) is 46.3. The molecule has 0 spiro atoms. The van der Waals surface area contributed by atoms with E-state index < -0.39 is 0 Å². The first-order valence-corrected chi connectivity index (χ1v) is 26.1. The second-order valence-corrected chi connectivity index (χ2v) is 26.8. The van der Waals surface area contributed by atoms with Crippen LogP contribution in [0.25, 0.3) is 0 Å². The van der Waals surface area contributed by atoms with Crippen molar-refractivity contribution in [2.75, 3.05) is 0 Å². The molecule has 0 saturated heterocycles. The van der Waals surface area contributed by atoms with Crippen LogP contribution in [-0.4, -0.2) is 0 Å². The molecule has 2 heteroatoms. The molecule has 3 aromatic carbocycles. The molecule has 0 fully saturated rings. The Morgan fingerprint density at radius 1 is 0.328 bits per heavy atom. The summed E-state index contributed by atoms with van der Waals surface area (Å²) in [6, 6.07) is 13.8. The van der Waals surface area contributed by atoms with Crippen LogP contribution < -0.4 is 9.47 Å². The van der Waals surface area contributed by atoms with E-state index in [-0.39, 0.29) is 32.5 Å². The first-order chi connectivity index (χ1) is 29.3. The number of para-hydroxylation sites is 2. The van der Waals surface area contributed by atoms with Crippen LogP contribution in [0.3, 0.4) is 0 Å². The molecule has 0 saturated carbocycles. The molecule has 0 aromatic heterocycles. The summed E-state index contributed by atoms with van der Waals surface area (Å²) < 4.78 is 15.9. The first-order valence-electron chi connectivity index (χ1n) is 26.1. The minimum Gasteiger partial charge on any atom is -0.456 e. The molecule has 0 heterocycles. The predicted molar refractivity (Wildman–Crippen MR) is 284 cm³/mol. The summed E-state index contributed by atoms with van der Waals surface area (Å²) in [6.07, 6.45) is 17.0. The fraction of sp³-hybridized carbons (Fsp3) is 0.710. The largest absolute Gasteiger partial charge is 0.456 e. The van der Waals surface area contributed by atoms with Gasteiger partial charge in [0.15, 0.2) is 0 Å². The van der Waals surface area contributed by atoms with Gasteiger partial charge < -0.3 is 9.47 Å². The lowest BCUT2D eigenvalue weighted by Crippen LogP contribution is -2.26. The molecule has 0 atom stereocenters. The monoisotopic (exact) mass is 879 g/mol. The summed E-state index contributed by atoms with van der Waals surface area (Å²) in [5.41, 5.74) is 9.55. The van der Waals surface area contributed by atoms with E-state index in [1.165, 1.54) is 109 Å².